The number of amides is 3. The Labute approximate surface area is 183 Å². The minimum absolute atomic E-state index is 0.00164. The molecule has 2 N–H and O–H groups in total. The first-order valence-corrected chi connectivity index (χ1v) is 9.91. The summed E-state index contributed by atoms with van der Waals surface area (Å²) >= 11 is 0. The number of likely N-dealkylation sites (N-methyl/N-ethyl adjacent to an activating group) is 1. The zero-order valence-electron chi connectivity index (χ0n) is 17.3. The largest absolute Gasteiger partial charge is 0.417 e. The molecule has 10 heteroatoms. The summed E-state index contributed by atoms with van der Waals surface area (Å²) in [7, 11) is 1.43. The summed E-state index contributed by atoms with van der Waals surface area (Å²) in [6, 6.07) is 13.0. The summed E-state index contributed by atoms with van der Waals surface area (Å²) in [6.07, 6.45) is -4.71. The van der Waals surface area contributed by atoms with Crippen LogP contribution in [-0.4, -0.2) is 49.6 Å². The number of nitrogens with zero attached hydrogens (tertiary/aromatic N) is 3. The molecule has 3 amide bonds. The lowest BCUT2D eigenvalue weighted by atomic mass is 10.0. The lowest BCUT2D eigenvalue weighted by Gasteiger charge is -2.41. The normalized spacial score (nSPS) is 16.3. The number of nitrogens with one attached hydrogen (secondary N) is 2. The monoisotopic (exact) mass is 445 g/mol. The van der Waals surface area contributed by atoms with Crippen molar-refractivity contribution in [3.8, 4) is 6.07 Å². The van der Waals surface area contributed by atoms with E-state index in [-0.39, 0.29) is 31.4 Å². The van der Waals surface area contributed by atoms with E-state index in [4.69, 9.17) is 5.26 Å². The van der Waals surface area contributed by atoms with Crippen LogP contribution in [0.1, 0.15) is 16.7 Å². The third-order valence-corrected chi connectivity index (χ3v) is 5.26. The molecule has 168 valence electrons. The number of carbonyl (C=O) groups excluding carboxylic acids is 2. The lowest BCUT2D eigenvalue weighted by molar-refractivity contribution is -0.137. The molecule has 0 spiro atoms. The van der Waals surface area contributed by atoms with Gasteiger partial charge in [-0.2, -0.15) is 18.4 Å². The van der Waals surface area contributed by atoms with Crippen molar-refractivity contribution in [3.05, 3.63) is 65.2 Å². The van der Waals surface area contributed by atoms with Crippen molar-refractivity contribution in [3.63, 3.8) is 0 Å². The van der Waals surface area contributed by atoms with E-state index in [2.05, 4.69) is 10.6 Å². The van der Waals surface area contributed by atoms with Gasteiger partial charge in [-0.15, -0.1) is 0 Å². The molecule has 1 aliphatic heterocycles. The van der Waals surface area contributed by atoms with Crippen molar-refractivity contribution in [2.45, 2.75) is 18.8 Å². The predicted octanol–water partition coefficient (Wildman–Crippen LogP) is 2.72. The summed E-state index contributed by atoms with van der Waals surface area (Å²) in [5, 5.41) is 14.3. The van der Waals surface area contributed by atoms with Crippen LogP contribution in [0.3, 0.4) is 0 Å². The molecule has 1 saturated heterocycles. The van der Waals surface area contributed by atoms with Crippen LogP contribution in [0.15, 0.2) is 48.5 Å². The van der Waals surface area contributed by atoms with Crippen LogP contribution in [0.2, 0.25) is 0 Å². The highest BCUT2D eigenvalue weighted by atomic mass is 19.4. The molecular weight excluding hydrogens is 423 g/mol. The Morgan fingerprint density at radius 1 is 1.16 bits per heavy atom. The molecule has 0 bridgehead atoms. The molecule has 1 heterocycles. The number of carbonyl (C=O) groups is 2. The van der Waals surface area contributed by atoms with Crippen molar-refractivity contribution >= 4 is 17.6 Å². The Balaban J connectivity index is 1.79. The fourth-order valence-corrected chi connectivity index (χ4v) is 3.60. The number of nitriles is 1. The molecule has 32 heavy (non-hydrogen) atoms. The second kappa shape index (κ2) is 9.60. The van der Waals surface area contributed by atoms with Gasteiger partial charge in [-0.05, 0) is 23.8 Å². The van der Waals surface area contributed by atoms with Gasteiger partial charge in [-0.1, -0.05) is 30.3 Å². The first kappa shape index (κ1) is 22.9. The van der Waals surface area contributed by atoms with Crippen LogP contribution in [0.4, 0.5) is 23.7 Å². The highest BCUT2D eigenvalue weighted by Crippen LogP contribution is 2.35. The molecule has 0 aromatic heterocycles. The van der Waals surface area contributed by atoms with Gasteiger partial charge < -0.3 is 20.4 Å². The fourth-order valence-electron chi connectivity index (χ4n) is 3.60. The standard InChI is InChI=1S/C22H22F3N5O2/c1-27-20(31)19-14-29(21(32)28-13-15-5-3-2-4-6-15)9-10-30(19)17-8-7-16(12-26)18(11-17)22(23,24)25/h2-8,11,19H,9-10,13-14H2,1H3,(H,27,31)(H,28,32). The van der Waals surface area contributed by atoms with Gasteiger partial charge in [0.25, 0.3) is 0 Å². The predicted molar refractivity (Wildman–Crippen MR) is 112 cm³/mol. The molecule has 1 unspecified atom stereocenters. The number of anilines is 1. The highest BCUT2D eigenvalue weighted by Gasteiger charge is 2.37. The second-order valence-electron chi connectivity index (χ2n) is 7.25. The molecule has 3 rings (SSSR count). The molecule has 0 aliphatic carbocycles. The highest BCUT2D eigenvalue weighted by molar-refractivity contribution is 5.87. The molecular formula is C22H22F3N5O2. The van der Waals surface area contributed by atoms with Crippen molar-refractivity contribution in [1.82, 2.24) is 15.5 Å². The smallest absolute Gasteiger partial charge is 0.357 e. The van der Waals surface area contributed by atoms with E-state index in [1.54, 1.807) is 6.07 Å². The van der Waals surface area contributed by atoms with Crippen LogP contribution in [0.25, 0.3) is 0 Å². The molecule has 1 fully saturated rings. The third-order valence-electron chi connectivity index (χ3n) is 5.26. The molecule has 7 nitrogen and oxygen atoms in total. The van der Waals surface area contributed by atoms with Gasteiger partial charge in [-0.25, -0.2) is 4.79 Å². The number of urea groups is 1. The second-order valence-corrected chi connectivity index (χ2v) is 7.25. The van der Waals surface area contributed by atoms with Crippen LogP contribution in [0, 0.1) is 11.3 Å². The Morgan fingerprint density at radius 2 is 1.88 bits per heavy atom. The van der Waals surface area contributed by atoms with Crippen molar-refractivity contribution in [1.29, 1.82) is 5.26 Å². The summed E-state index contributed by atoms with van der Waals surface area (Å²) in [5.74, 6) is -0.427. The summed E-state index contributed by atoms with van der Waals surface area (Å²) in [4.78, 5) is 28.1. The van der Waals surface area contributed by atoms with E-state index in [1.165, 1.54) is 22.9 Å². The minimum atomic E-state index is -4.71. The molecule has 1 atom stereocenters. The van der Waals surface area contributed by atoms with Gasteiger partial charge in [0.05, 0.1) is 23.7 Å². The number of piperazine rings is 1. The molecule has 0 radical (unpaired) electrons. The molecule has 2 aromatic carbocycles. The van der Waals surface area contributed by atoms with Crippen molar-refractivity contribution in [2.75, 3.05) is 31.6 Å². The Bertz CT molecular complexity index is 1020. The minimum Gasteiger partial charge on any atom is -0.357 e. The maximum atomic E-state index is 13.4. The van der Waals surface area contributed by atoms with E-state index in [9.17, 15) is 22.8 Å². The summed E-state index contributed by atoms with van der Waals surface area (Å²) in [6.45, 7) is 0.687. The average Bonchev–Trinajstić information content (AvgIpc) is 2.81. The Morgan fingerprint density at radius 3 is 2.50 bits per heavy atom. The first-order valence-electron chi connectivity index (χ1n) is 9.91. The van der Waals surface area contributed by atoms with Gasteiger partial charge >= 0.3 is 12.2 Å². The van der Waals surface area contributed by atoms with E-state index in [0.717, 1.165) is 17.7 Å². The van der Waals surface area contributed by atoms with Crippen molar-refractivity contribution < 1.29 is 22.8 Å². The number of alkyl halides is 3. The van der Waals surface area contributed by atoms with Gasteiger partial charge in [-0.3, -0.25) is 4.79 Å². The van der Waals surface area contributed by atoms with E-state index in [1.807, 2.05) is 30.3 Å². The number of hydrogen-bond donors (Lipinski definition) is 2. The maximum absolute atomic E-state index is 13.4. The van der Waals surface area contributed by atoms with Crippen LogP contribution >= 0.6 is 0 Å². The van der Waals surface area contributed by atoms with E-state index < -0.39 is 29.3 Å². The van der Waals surface area contributed by atoms with E-state index >= 15 is 0 Å². The Hall–Kier alpha value is -3.74. The molecule has 2 aromatic rings. The summed E-state index contributed by atoms with van der Waals surface area (Å²) in [5.41, 5.74) is -0.471. The fraction of sp³-hybridized carbons (Fsp3) is 0.318. The maximum Gasteiger partial charge on any atom is 0.417 e. The molecule has 0 saturated carbocycles. The van der Waals surface area contributed by atoms with Crippen molar-refractivity contribution in [2.24, 2.45) is 0 Å². The topological polar surface area (TPSA) is 88.5 Å². The third kappa shape index (κ3) is 5.11. The number of halogens is 3. The van der Waals surface area contributed by atoms with Gasteiger partial charge in [0, 0.05) is 32.4 Å². The SMILES string of the molecule is CNC(=O)C1CN(C(=O)NCc2ccccc2)CCN1c1ccc(C#N)c(C(F)(F)F)c1. The van der Waals surface area contributed by atoms with E-state index in [0.29, 0.717) is 6.54 Å². The zero-order chi connectivity index (χ0) is 23.3. The average molecular weight is 445 g/mol. The van der Waals surface area contributed by atoms with Gasteiger partial charge in [0.15, 0.2) is 0 Å². The van der Waals surface area contributed by atoms with Gasteiger partial charge in [0.2, 0.25) is 5.91 Å². The van der Waals surface area contributed by atoms with Crippen LogP contribution < -0.4 is 15.5 Å². The number of rotatable bonds is 4. The Kier molecular flexibility index (Phi) is 6.88. The summed E-state index contributed by atoms with van der Waals surface area (Å²) < 4.78 is 40.2. The van der Waals surface area contributed by atoms with Crippen LogP contribution in [-0.2, 0) is 17.5 Å². The molecule has 1 aliphatic rings. The number of benzene rings is 2. The first-order chi connectivity index (χ1) is 15.2. The lowest BCUT2D eigenvalue weighted by Crippen LogP contribution is -2.61. The van der Waals surface area contributed by atoms with Gasteiger partial charge in [0.1, 0.15) is 6.04 Å². The zero-order valence-corrected chi connectivity index (χ0v) is 17.3. The number of hydrogen-bond acceptors (Lipinski definition) is 4. The quantitative estimate of drug-likeness (QED) is 0.758. The van der Waals surface area contributed by atoms with Crippen LogP contribution in [0.5, 0.6) is 0 Å².